The van der Waals surface area contributed by atoms with Crippen molar-refractivity contribution in [2.24, 2.45) is 5.92 Å². The van der Waals surface area contributed by atoms with E-state index in [9.17, 15) is 4.79 Å². The topological polar surface area (TPSA) is 79.6 Å². The molecule has 5 nitrogen and oxygen atoms in total. The highest BCUT2D eigenvalue weighted by atomic mass is 16.5. The van der Waals surface area contributed by atoms with Crippen molar-refractivity contribution in [2.75, 3.05) is 14.2 Å². The number of benzene rings is 1. The Kier molecular flexibility index (Phi) is 5.32. The fourth-order valence-corrected chi connectivity index (χ4v) is 1.98. The van der Waals surface area contributed by atoms with Gasteiger partial charge in [-0.1, -0.05) is 6.58 Å². The molecule has 108 valence electrons. The lowest BCUT2D eigenvalue weighted by Gasteiger charge is -2.16. The number of carboxylic acids is 1. The monoisotopic (exact) mass is 277 g/mol. The molecule has 0 aliphatic carbocycles. The summed E-state index contributed by atoms with van der Waals surface area (Å²) < 4.78 is 10.6. The molecular formula is C15H19NO4. The molecule has 1 atom stereocenters. The Morgan fingerprint density at radius 2 is 1.90 bits per heavy atom. The van der Waals surface area contributed by atoms with E-state index in [4.69, 9.17) is 20.0 Å². The van der Waals surface area contributed by atoms with Crippen LogP contribution in [0.2, 0.25) is 0 Å². The zero-order chi connectivity index (χ0) is 15.3. The van der Waals surface area contributed by atoms with E-state index in [1.807, 2.05) is 6.92 Å². The third kappa shape index (κ3) is 3.38. The molecule has 0 saturated heterocycles. The standard InChI is InChI=1S/C15H19NO4/c1-9(2)14-12(19-3)6-10(7-13(14)20-4)5-11(8-16)15(17)18/h6-8,11,16H,1,5H2,2-4H3,(H,17,18). The normalized spacial score (nSPS) is 11.6. The molecule has 1 aromatic carbocycles. The highest BCUT2D eigenvalue weighted by Gasteiger charge is 2.18. The molecule has 1 aromatic rings. The largest absolute Gasteiger partial charge is 0.496 e. The minimum absolute atomic E-state index is 0.210. The maximum Gasteiger partial charge on any atom is 0.312 e. The van der Waals surface area contributed by atoms with Crippen LogP contribution in [-0.2, 0) is 11.2 Å². The van der Waals surface area contributed by atoms with Crippen molar-refractivity contribution in [3.05, 3.63) is 29.8 Å². The highest BCUT2D eigenvalue weighted by Crippen LogP contribution is 2.35. The predicted molar refractivity (Wildman–Crippen MR) is 77.9 cm³/mol. The van der Waals surface area contributed by atoms with Gasteiger partial charge in [0.15, 0.2) is 0 Å². The molecule has 1 unspecified atom stereocenters. The first kappa shape index (κ1) is 15.8. The number of hydrogen-bond donors (Lipinski definition) is 2. The number of ether oxygens (including phenoxy) is 2. The lowest BCUT2D eigenvalue weighted by molar-refractivity contribution is -0.139. The fraction of sp³-hybridized carbons (Fsp3) is 0.333. The zero-order valence-electron chi connectivity index (χ0n) is 11.9. The number of hydrogen-bond acceptors (Lipinski definition) is 4. The number of allylic oxidation sites excluding steroid dienone is 1. The molecule has 0 saturated carbocycles. The van der Waals surface area contributed by atoms with Crippen LogP contribution in [0.25, 0.3) is 5.57 Å². The van der Waals surface area contributed by atoms with Crippen molar-refractivity contribution in [3.8, 4) is 11.5 Å². The highest BCUT2D eigenvalue weighted by molar-refractivity contribution is 5.87. The predicted octanol–water partition coefficient (Wildman–Crippen LogP) is 2.63. The van der Waals surface area contributed by atoms with E-state index in [1.165, 1.54) is 14.2 Å². The summed E-state index contributed by atoms with van der Waals surface area (Å²) in [6, 6.07) is 3.51. The van der Waals surface area contributed by atoms with E-state index in [1.54, 1.807) is 12.1 Å². The molecule has 0 heterocycles. The van der Waals surface area contributed by atoms with Gasteiger partial charge in [-0.15, -0.1) is 0 Å². The average molecular weight is 277 g/mol. The summed E-state index contributed by atoms with van der Waals surface area (Å²) in [6.07, 6.45) is 1.13. The Hall–Kier alpha value is -2.30. The number of carboxylic acid groups (broad SMARTS) is 1. The quantitative estimate of drug-likeness (QED) is 0.751. The minimum Gasteiger partial charge on any atom is -0.496 e. The molecule has 0 spiro atoms. The fourth-order valence-electron chi connectivity index (χ4n) is 1.98. The summed E-state index contributed by atoms with van der Waals surface area (Å²) >= 11 is 0. The average Bonchev–Trinajstić information content (AvgIpc) is 2.42. The number of rotatable bonds is 7. The minimum atomic E-state index is -1.03. The second-order valence-corrected chi connectivity index (χ2v) is 4.47. The Morgan fingerprint density at radius 3 is 2.20 bits per heavy atom. The van der Waals surface area contributed by atoms with Crippen LogP contribution in [0.1, 0.15) is 18.1 Å². The molecule has 0 aromatic heterocycles. The van der Waals surface area contributed by atoms with Crippen LogP contribution in [0.3, 0.4) is 0 Å². The first-order chi connectivity index (χ1) is 9.44. The Balaban J connectivity index is 3.27. The van der Waals surface area contributed by atoms with Gasteiger partial charge in [0.1, 0.15) is 11.5 Å². The van der Waals surface area contributed by atoms with Gasteiger partial charge in [-0.05, 0) is 36.6 Å². The number of methoxy groups -OCH3 is 2. The number of carbonyl (C=O) groups is 1. The van der Waals surface area contributed by atoms with E-state index in [0.29, 0.717) is 11.5 Å². The van der Waals surface area contributed by atoms with Crippen molar-refractivity contribution < 1.29 is 19.4 Å². The van der Waals surface area contributed by atoms with Crippen molar-refractivity contribution in [1.29, 1.82) is 5.41 Å². The molecule has 0 aliphatic heterocycles. The first-order valence-corrected chi connectivity index (χ1v) is 6.08. The maximum absolute atomic E-state index is 11.0. The van der Waals surface area contributed by atoms with E-state index in [2.05, 4.69) is 6.58 Å². The maximum atomic E-state index is 11.0. The van der Waals surface area contributed by atoms with E-state index < -0.39 is 11.9 Å². The van der Waals surface area contributed by atoms with Crippen molar-refractivity contribution >= 4 is 17.8 Å². The SMILES string of the molecule is C=C(C)c1c(OC)cc(CC(C=N)C(=O)O)cc1OC. The third-order valence-corrected chi connectivity index (χ3v) is 2.97. The zero-order valence-corrected chi connectivity index (χ0v) is 11.9. The summed E-state index contributed by atoms with van der Waals surface area (Å²) in [5, 5.41) is 16.2. The number of nitrogens with one attached hydrogen (secondary N) is 1. The van der Waals surface area contributed by atoms with E-state index in [0.717, 1.165) is 22.9 Å². The van der Waals surface area contributed by atoms with Crippen LogP contribution in [-0.4, -0.2) is 31.5 Å². The van der Waals surface area contributed by atoms with Crippen LogP contribution < -0.4 is 9.47 Å². The Labute approximate surface area is 118 Å². The second-order valence-electron chi connectivity index (χ2n) is 4.47. The second kappa shape index (κ2) is 6.75. The van der Waals surface area contributed by atoms with Gasteiger partial charge in [0, 0.05) is 6.21 Å². The summed E-state index contributed by atoms with van der Waals surface area (Å²) in [4.78, 5) is 11.0. The van der Waals surface area contributed by atoms with Gasteiger partial charge in [-0.25, -0.2) is 0 Å². The Bertz CT molecular complexity index is 512. The Morgan fingerprint density at radius 1 is 1.40 bits per heavy atom. The van der Waals surface area contributed by atoms with Gasteiger partial charge >= 0.3 is 5.97 Å². The molecule has 1 rings (SSSR count). The lowest BCUT2D eigenvalue weighted by atomic mass is 9.96. The first-order valence-electron chi connectivity index (χ1n) is 6.08. The van der Waals surface area contributed by atoms with Crippen molar-refractivity contribution in [2.45, 2.75) is 13.3 Å². The van der Waals surface area contributed by atoms with Crippen molar-refractivity contribution in [1.82, 2.24) is 0 Å². The van der Waals surface area contributed by atoms with Crippen LogP contribution in [0.15, 0.2) is 18.7 Å². The van der Waals surface area contributed by atoms with Gasteiger partial charge in [0.25, 0.3) is 0 Å². The van der Waals surface area contributed by atoms with Crippen LogP contribution >= 0.6 is 0 Å². The molecular weight excluding hydrogens is 258 g/mol. The van der Waals surface area contributed by atoms with E-state index >= 15 is 0 Å². The molecule has 20 heavy (non-hydrogen) atoms. The third-order valence-electron chi connectivity index (χ3n) is 2.97. The van der Waals surface area contributed by atoms with Crippen LogP contribution in [0.4, 0.5) is 0 Å². The molecule has 5 heteroatoms. The molecule has 0 aliphatic rings. The van der Waals surface area contributed by atoms with Gasteiger partial charge < -0.3 is 20.0 Å². The van der Waals surface area contributed by atoms with Crippen LogP contribution in [0, 0.1) is 11.3 Å². The van der Waals surface area contributed by atoms with Crippen LogP contribution in [0.5, 0.6) is 11.5 Å². The van der Waals surface area contributed by atoms with Gasteiger partial charge in [0.05, 0.1) is 25.7 Å². The summed E-state index contributed by atoms with van der Waals surface area (Å²) in [6.45, 7) is 5.73. The smallest absolute Gasteiger partial charge is 0.312 e. The number of aliphatic carboxylic acids is 1. The van der Waals surface area contributed by atoms with Crippen molar-refractivity contribution in [3.63, 3.8) is 0 Å². The molecule has 0 radical (unpaired) electrons. The van der Waals surface area contributed by atoms with Gasteiger partial charge in [0.2, 0.25) is 0 Å². The molecule has 0 bridgehead atoms. The van der Waals surface area contributed by atoms with Gasteiger partial charge in [-0.2, -0.15) is 0 Å². The lowest BCUT2D eigenvalue weighted by Crippen LogP contribution is -2.17. The summed E-state index contributed by atoms with van der Waals surface area (Å²) in [5.41, 5.74) is 2.30. The summed E-state index contributed by atoms with van der Waals surface area (Å²) in [7, 11) is 3.08. The summed E-state index contributed by atoms with van der Waals surface area (Å²) in [5.74, 6) is -0.719. The molecule has 0 fully saturated rings. The molecule has 2 N–H and O–H groups in total. The molecule has 0 amide bonds. The van der Waals surface area contributed by atoms with E-state index in [-0.39, 0.29) is 6.42 Å². The van der Waals surface area contributed by atoms with Gasteiger partial charge in [-0.3, -0.25) is 4.79 Å².